The van der Waals surface area contributed by atoms with Crippen molar-refractivity contribution in [2.75, 3.05) is 7.11 Å². The van der Waals surface area contributed by atoms with Crippen LogP contribution in [0.2, 0.25) is 0 Å². The van der Waals surface area contributed by atoms with Crippen molar-refractivity contribution in [2.45, 2.75) is 13.2 Å². The van der Waals surface area contributed by atoms with Gasteiger partial charge in [-0.25, -0.2) is 23.5 Å². The predicted molar refractivity (Wildman–Crippen MR) is 201 cm³/mol. The average Bonchev–Trinajstić information content (AvgIpc) is 3.19. The Morgan fingerprint density at radius 3 is 2.11 bits per heavy atom. The van der Waals surface area contributed by atoms with Crippen molar-refractivity contribution in [1.82, 2.24) is 9.97 Å². The van der Waals surface area contributed by atoms with Crippen molar-refractivity contribution < 1.29 is 72.4 Å². The van der Waals surface area contributed by atoms with Gasteiger partial charge < -0.3 is 29.2 Å². The molecule has 7 rings (SSSR count). The smallest absolute Gasteiger partial charge is 0.543 e. The number of pyridine rings is 2. The summed E-state index contributed by atoms with van der Waals surface area (Å²) in [5.74, 6) is -2.43. The van der Waals surface area contributed by atoms with E-state index in [0.717, 1.165) is 16.7 Å². The predicted octanol–water partition coefficient (Wildman–Crippen LogP) is 5.28. The molecule has 0 aliphatic carbocycles. The number of methoxy groups -OCH3 is 1. The maximum absolute atomic E-state index is 13.9. The van der Waals surface area contributed by atoms with E-state index in [-0.39, 0.29) is 65.7 Å². The molecule has 0 spiro atoms. The van der Waals surface area contributed by atoms with Gasteiger partial charge in [0.05, 0.1) is 41.4 Å². The first-order valence-corrected chi connectivity index (χ1v) is 17.1. The molecule has 0 saturated carbocycles. The van der Waals surface area contributed by atoms with Crippen LogP contribution in [0.1, 0.15) is 37.7 Å². The van der Waals surface area contributed by atoms with Crippen molar-refractivity contribution in [3.8, 4) is 34.4 Å². The minimum absolute atomic E-state index is 0. The van der Waals surface area contributed by atoms with Crippen LogP contribution >= 0.6 is 15.9 Å². The number of hydrogen-bond donors (Lipinski definition) is 1. The Morgan fingerprint density at radius 2 is 1.45 bits per heavy atom. The Balaban J connectivity index is 0.000000214. The molecule has 2 aromatic heterocycles. The number of carboxylic acids is 2. The standard InChI is InChI=1S/C24H15FN2O3.C18H13BrFNO4.Na/c25-18-9-10-21-20(11-18)23(12-22(27-21)24(28)29)30-14-15-5-7-16(8-6-15)19-4-2-1-3-17(19)13-26;1-24-12-4-5-15-13(7-12)17(8-16(21-15)18(22)23)25-9-10-2-3-11(19)6-14(10)20;/h1-12H,14H2,(H,28,29);2-8H,9H2,1H3,(H,22,23);/q;;+1/p-1. The van der Waals surface area contributed by atoms with E-state index >= 15 is 0 Å². The van der Waals surface area contributed by atoms with Gasteiger partial charge in [0.2, 0.25) is 0 Å². The molecule has 5 aromatic carbocycles. The molecule has 0 amide bonds. The van der Waals surface area contributed by atoms with Gasteiger partial charge >= 0.3 is 35.5 Å². The topological polar surface area (TPSA) is 155 Å². The quantitative estimate of drug-likeness (QED) is 0.180. The zero-order valence-electron chi connectivity index (χ0n) is 29.8. The second kappa shape index (κ2) is 18.6. The molecule has 0 saturated heterocycles. The summed E-state index contributed by atoms with van der Waals surface area (Å²) in [6.07, 6.45) is 0. The van der Waals surface area contributed by atoms with Crippen molar-refractivity contribution in [2.24, 2.45) is 0 Å². The molecule has 14 heteroatoms. The molecular weight excluding hydrogens is 799 g/mol. The maximum Gasteiger partial charge on any atom is 1.00 e. The van der Waals surface area contributed by atoms with Gasteiger partial charge in [-0.15, -0.1) is 0 Å². The van der Waals surface area contributed by atoms with Crippen LogP contribution in [0.4, 0.5) is 8.78 Å². The first-order chi connectivity index (χ1) is 26.5. The van der Waals surface area contributed by atoms with Gasteiger partial charge in [-0.3, -0.25) is 0 Å². The van der Waals surface area contributed by atoms with Crippen molar-refractivity contribution in [3.05, 3.63) is 159 Å². The number of carbonyl (C=O) groups is 2. The third kappa shape index (κ3) is 9.84. The summed E-state index contributed by atoms with van der Waals surface area (Å²) in [6.45, 7) is 0.0940. The van der Waals surface area contributed by atoms with E-state index in [2.05, 4.69) is 32.0 Å². The van der Waals surface area contributed by atoms with Gasteiger partial charge in [-0.1, -0.05) is 64.5 Å². The molecule has 10 nitrogen and oxygen atoms in total. The van der Waals surface area contributed by atoms with Gasteiger partial charge in [-0.2, -0.15) is 5.26 Å². The van der Waals surface area contributed by atoms with E-state index in [1.165, 1.54) is 43.5 Å². The zero-order chi connectivity index (χ0) is 39.1. The summed E-state index contributed by atoms with van der Waals surface area (Å²) < 4.78 is 44.9. The van der Waals surface area contributed by atoms with Crippen molar-refractivity contribution >= 4 is 49.7 Å². The zero-order valence-corrected chi connectivity index (χ0v) is 33.3. The molecule has 7 aromatic rings. The van der Waals surface area contributed by atoms with Gasteiger partial charge in [-0.05, 0) is 71.3 Å². The van der Waals surface area contributed by atoms with E-state index in [1.54, 1.807) is 36.4 Å². The number of carbonyl (C=O) groups excluding carboxylic acids is 1. The number of carboxylic acid groups (broad SMARTS) is 2. The van der Waals surface area contributed by atoms with E-state index in [0.29, 0.717) is 43.2 Å². The Bertz CT molecular complexity index is 2620. The molecule has 0 fully saturated rings. The van der Waals surface area contributed by atoms with Crippen LogP contribution in [0.3, 0.4) is 0 Å². The number of aromatic carboxylic acids is 2. The van der Waals surface area contributed by atoms with Gasteiger partial charge in [0, 0.05) is 32.9 Å². The fraction of sp³-hybridized carbons (Fsp3) is 0.0714. The van der Waals surface area contributed by atoms with Crippen molar-refractivity contribution in [1.29, 1.82) is 5.26 Å². The fourth-order valence-electron chi connectivity index (χ4n) is 5.49. The molecule has 56 heavy (non-hydrogen) atoms. The van der Waals surface area contributed by atoms with Crippen LogP contribution < -0.4 is 48.9 Å². The monoisotopic (exact) mass is 825 g/mol. The molecule has 0 radical (unpaired) electrons. The van der Waals surface area contributed by atoms with Crippen LogP contribution in [0.5, 0.6) is 17.2 Å². The number of hydrogen-bond acceptors (Lipinski definition) is 9. The minimum atomic E-state index is -1.42. The molecule has 1 N–H and O–H groups in total. The first kappa shape index (κ1) is 41.3. The Labute approximate surface area is 349 Å². The third-order valence-electron chi connectivity index (χ3n) is 8.24. The summed E-state index contributed by atoms with van der Waals surface area (Å²) in [5.41, 5.74) is 3.83. The second-order valence-corrected chi connectivity index (χ2v) is 12.7. The molecular formula is C42H27BrF2N3NaO7. The number of nitrogens with zero attached hydrogens (tertiary/aromatic N) is 3. The molecule has 2 heterocycles. The van der Waals surface area contributed by atoms with Crippen LogP contribution in [-0.2, 0) is 13.2 Å². The molecule has 0 bridgehead atoms. The largest absolute Gasteiger partial charge is 1.00 e. The number of fused-ring (bicyclic) bond motifs is 2. The van der Waals surface area contributed by atoms with E-state index in [9.17, 15) is 33.8 Å². The number of halogens is 3. The second-order valence-electron chi connectivity index (χ2n) is 11.8. The fourth-order valence-corrected chi connectivity index (χ4v) is 5.82. The van der Waals surface area contributed by atoms with Crippen LogP contribution in [0.25, 0.3) is 32.9 Å². The van der Waals surface area contributed by atoms with Crippen LogP contribution in [0.15, 0.2) is 120 Å². The normalized spacial score (nSPS) is 10.4. The van der Waals surface area contributed by atoms with Gasteiger partial charge in [0.1, 0.15) is 42.1 Å². The van der Waals surface area contributed by atoms with Gasteiger partial charge in [0.25, 0.3) is 0 Å². The van der Waals surface area contributed by atoms with E-state index in [1.807, 2.05) is 42.5 Å². The minimum Gasteiger partial charge on any atom is -0.543 e. The molecule has 0 aliphatic rings. The SMILES string of the molecule is COc1ccc2nc(C(=O)[O-])cc(OCc3ccc(Br)cc3F)c2c1.N#Cc1ccccc1-c1ccc(COc2cc(C(=O)O)nc3ccc(F)cc23)cc1.[Na+]. The van der Waals surface area contributed by atoms with Crippen LogP contribution in [-0.4, -0.2) is 34.1 Å². The summed E-state index contributed by atoms with van der Waals surface area (Å²) in [5, 5.41) is 30.7. The van der Waals surface area contributed by atoms with Crippen LogP contribution in [0, 0.1) is 23.0 Å². The summed E-state index contributed by atoms with van der Waals surface area (Å²) in [7, 11) is 1.52. The number of rotatable bonds is 10. The Kier molecular flexibility index (Phi) is 13.7. The summed E-state index contributed by atoms with van der Waals surface area (Å²) >= 11 is 3.19. The maximum atomic E-state index is 13.9. The van der Waals surface area contributed by atoms with Gasteiger partial charge in [0.15, 0.2) is 5.69 Å². The number of ether oxygens (including phenoxy) is 3. The molecule has 0 unspecified atom stereocenters. The third-order valence-corrected chi connectivity index (χ3v) is 8.74. The average molecular weight is 827 g/mol. The Hall–Kier alpha value is -5.91. The molecule has 274 valence electrons. The Morgan fingerprint density at radius 1 is 0.804 bits per heavy atom. The number of aromatic nitrogens is 2. The van der Waals surface area contributed by atoms with E-state index < -0.39 is 23.6 Å². The molecule has 0 atom stereocenters. The number of nitriles is 1. The van der Waals surface area contributed by atoms with Crippen molar-refractivity contribution in [3.63, 3.8) is 0 Å². The molecule has 0 aliphatic heterocycles. The summed E-state index contributed by atoms with van der Waals surface area (Å²) in [4.78, 5) is 30.6. The number of benzene rings is 5. The van der Waals surface area contributed by atoms with E-state index in [4.69, 9.17) is 14.2 Å². The first-order valence-electron chi connectivity index (χ1n) is 16.3. The summed E-state index contributed by atoms with van der Waals surface area (Å²) in [6, 6.07) is 33.1.